The van der Waals surface area contributed by atoms with Crippen molar-refractivity contribution in [3.63, 3.8) is 0 Å². The summed E-state index contributed by atoms with van der Waals surface area (Å²) >= 11 is 3.42. The monoisotopic (exact) mass is 504 g/mol. The Morgan fingerprint density at radius 3 is 2.55 bits per heavy atom. The molecule has 0 fully saturated rings. The summed E-state index contributed by atoms with van der Waals surface area (Å²) in [7, 11) is 3.96. The van der Waals surface area contributed by atoms with Crippen LogP contribution >= 0.6 is 15.9 Å². The summed E-state index contributed by atoms with van der Waals surface area (Å²) in [6.07, 6.45) is 1.64. The van der Waals surface area contributed by atoms with Crippen molar-refractivity contribution in [2.24, 2.45) is 5.10 Å². The van der Waals surface area contributed by atoms with E-state index in [9.17, 15) is 4.79 Å². The Labute approximate surface area is 201 Å². The van der Waals surface area contributed by atoms with Gasteiger partial charge in [0.1, 0.15) is 18.2 Å². The van der Waals surface area contributed by atoms with Crippen LogP contribution in [0.1, 0.15) is 22.5 Å². The first-order chi connectivity index (χ1) is 15.8. The average molecular weight is 505 g/mol. The van der Waals surface area contributed by atoms with Crippen LogP contribution in [0.25, 0.3) is 10.9 Å². The second kappa shape index (κ2) is 9.58. The molecule has 0 aliphatic carbocycles. The zero-order chi connectivity index (χ0) is 23.5. The molecule has 0 unspecified atom stereocenters. The van der Waals surface area contributed by atoms with Crippen molar-refractivity contribution >= 4 is 38.7 Å². The van der Waals surface area contributed by atoms with Crippen LogP contribution in [0.4, 0.5) is 5.69 Å². The van der Waals surface area contributed by atoms with E-state index < -0.39 is 0 Å². The lowest BCUT2D eigenvalue weighted by Crippen LogP contribution is -2.20. The molecule has 0 saturated heterocycles. The Kier molecular flexibility index (Phi) is 6.60. The number of aryl methyl sites for hydroxylation is 2. The number of halogens is 1. The van der Waals surface area contributed by atoms with Crippen LogP contribution in [0.2, 0.25) is 0 Å². The molecule has 0 saturated carbocycles. The lowest BCUT2D eigenvalue weighted by Gasteiger charge is -2.16. The molecule has 4 aromatic rings. The van der Waals surface area contributed by atoms with Crippen LogP contribution < -0.4 is 15.2 Å². The topological polar surface area (TPSA) is 59.7 Å². The van der Waals surface area contributed by atoms with Crippen molar-refractivity contribution in [3.8, 4) is 5.75 Å². The molecule has 0 aliphatic rings. The van der Waals surface area contributed by atoms with Crippen molar-refractivity contribution in [3.05, 3.63) is 98.0 Å². The summed E-state index contributed by atoms with van der Waals surface area (Å²) in [5, 5.41) is 4.97. The van der Waals surface area contributed by atoms with Crippen molar-refractivity contribution in [2.75, 3.05) is 19.0 Å². The maximum Gasteiger partial charge on any atom is 0.282 e. The molecular weight excluding hydrogens is 480 g/mol. The van der Waals surface area contributed by atoms with Crippen LogP contribution in [0, 0.1) is 13.8 Å². The van der Waals surface area contributed by atoms with Gasteiger partial charge in [-0.25, -0.2) is 4.98 Å². The summed E-state index contributed by atoms with van der Waals surface area (Å²) in [4.78, 5) is 19.6. The van der Waals surface area contributed by atoms with Crippen LogP contribution in [0.3, 0.4) is 0 Å². The number of nitrogens with zero attached hydrogens (tertiary/aromatic N) is 4. The van der Waals surface area contributed by atoms with E-state index >= 15 is 0 Å². The van der Waals surface area contributed by atoms with Crippen LogP contribution in [-0.4, -0.2) is 30.0 Å². The van der Waals surface area contributed by atoms with E-state index in [0.29, 0.717) is 29.1 Å². The predicted molar refractivity (Wildman–Crippen MR) is 138 cm³/mol. The first-order valence-electron chi connectivity index (χ1n) is 10.5. The number of fused-ring (bicyclic) bond motifs is 1. The Morgan fingerprint density at radius 1 is 1.06 bits per heavy atom. The molecule has 7 heteroatoms. The summed E-state index contributed by atoms with van der Waals surface area (Å²) < 4.78 is 8.30. The Bertz CT molecular complexity index is 1390. The Balaban J connectivity index is 1.70. The van der Waals surface area contributed by atoms with Crippen molar-refractivity contribution in [2.45, 2.75) is 20.5 Å². The van der Waals surface area contributed by atoms with Crippen LogP contribution in [0.5, 0.6) is 5.75 Å². The van der Waals surface area contributed by atoms with E-state index in [-0.39, 0.29) is 5.56 Å². The SMILES string of the molecule is Cc1ccc(COc2cc(N(C)C)ccc2C=Nn2c(C)nc3ccc(Br)cc3c2=O)cc1. The minimum atomic E-state index is -0.220. The van der Waals surface area contributed by atoms with E-state index in [0.717, 1.165) is 21.3 Å². The Hall–Kier alpha value is -3.45. The molecule has 0 spiro atoms. The molecule has 0 atom stereocenters. The highest BCUT2D eigenvalue weighted by Gasteiger charge is 2.10. The number of aromatic nitrogens is 2. The average Bonchev–Trinajstić information content (AvgIpc) is 2.79. The minimum Gasteiger partial charge on any atom is -0.488 e. The molecule has 168 valence electrons. The highest BCUT2D eigenvalue weighted by atomic mass is 79.9. The lowest BCUT2D eigenvalue weighted by atomic mass is 10.1. The number of hydrogen-bond acceptors (Lipinski definition) is 5. The third-order valence-corrected chi connectivity index (χ3v) is 5.80. The van der Waals surface area contributed by atoms with Gasteiger partial charge in [-0.15, -0.1) is 0 Å². The lowest BCUT2D eigenvalue weighted by molar-refractivity contribution is 0.306. The fourth-order valence-electron chi connectivity index (χ4n) is 3.39. The summed E-state index contributed by atoms with van der Waals surface area (Å²) in [6.45, 7) is 4.26. The van der Waals surface area contributed by atoms with E-state index in [2.05, 4.69) is 57.2 Å². The Morgan fingerprint density at radius 2 is 1.82 bits per heavy atom. The van der Waals surface area contributed by atoms with Gasteiger partial charge in [-0.2, -0.15) is 9.78 Å². The predicted octanol–water partition coefficient (Wildman–Crippen LogP) is 5.30. The molecule has 0 radical (unpaired) electrons. The van der Waals surface area contributed by atoms with Crippen LogP contribution in [0.15, 0.2) is 75.0 Å². The molecule has 0 amide bonds. The van der Waals surface area contributed by atoms with Gasteiger partial charge in [0.2, 0.25) is 0 Å². The van der Waals surface area contributed by atoms with Gasteiger partial charge in [-0.3, -0.25) is 4.79 Å². The maximum atomic E-state index is 13.0. The molecule has 33 heavy (non-hydrogen) atoms. The number of ether oxygens (including phenoxy) is 1. The minimum absolute atomic E-state index is 0.220. The summed E-state index contributed by atoms with van der Waals surface area (Å²) in [6, 6.07) is 19.6. The number of anilines is 1. The van der Waals surface area contributed by atoms with Crippen molar-refractivity contribution in [1.29, 1.82) is 0 Å². The molecule has 3 aromatic carbocycles. The van der Waals surface area contributed by atoms with Crippen molar-refractivity contribution < 1.29 is 4.74 Å². The fraction of sp³-hybridized carbons (Fsp3) is 0.192. The second-order valence-corrected chi connectivity index (χ2v) is 8.99. The molecular formula is C26H25BrN4O2. The van der Waals surface area contributed by atoms with E-state index in [1.165, 1.54) is 10.2 Å². The summed E-state index contributed by atoms with van der Waals surface area (Å²) in [5.74, 6) is 1.20. The summed E-state index contributed by atoms with van der Waals surface area (Å²) in [5.41, 5.74) is 4.49. The van der Waals surface area contributed by atoms with Crippen molar-refractivity contribution in [1.82, 2.24) is 9.66 Å². The molecule has 0 N–H and O–H groups in total. The first-order valence-corrected chi connectivity index (χ1v) is 11.3. The smallest absolute Gasteiger partial charge is 0.282 e. The zero-order valence-electron chi connectivity index (χ0n) is 19.0. The van der Waals surface area contributed by atoms with Gasteiger partial charge in [0.05, 0.1) is 17.1 Å². The van der Waals surface area contributed by atoms with Gasteiger partial charge >= 0.3 is 0 Å². The highest BCUT2D eigenvalue weighted by molar-refractivity contribution is 9.10. The fourth-order valence-corrected chi connectivity index (χ4v) is 3.76. The number of rotatable bonds is 6. The number of benzene rings is 3. The molecule has 1 aromatic heterocycles. The molecule has 0 aliphatic heterocycles. The van der Waals surface area contributed by atoms with Gasteiger partial charge < -0.3 is 9.64 Å². The quantitative estimate of drug-likeness (QED) is 0.334. The van der Waals surface area contributed by atoms with E-state index in [1.807, 2.05) is 49.3 Å². The third-order valence-electron chi connectivity index (χ3n) is 5.31. The van der Waals surface area contributed by atoms with Crippen LogP contribution in [-0.2, 0) is 6.61 Å². The molecule has 4 rings (SSSR count). The number of hydrogen-bond donors (Lipinski definition) is 0. The van der Waals surface area contributed by atoms with Gasteiger partial charge in [0, 0.05) is 35.9 Å². The third kappa shape index (κ3) is 5.14. The maximum absolute atomic E-state index is 13.0. The van der Waals surface area contributed by atoms with Gasteiger partial charge in [0.15, 0.2) is 0 Å². The zero-order valence-corrected chi connectivity index (χ0v) is 20.6. The normalized spacial score (nSPS) is 11.3. The highest BCUT2D eigenvalue weighted by Crippen LogP contribution is 2.25. The molecule has 1 heterocycles. The molecule has 0 bridgehead atoms. The second-order valence-electron chi connectivity index (χ2n) is 8.07. The first kappa shape index (κ1) is 22.7. The standard InChI is InChI=1S/C26H25BrN4O2/c1-17-5-7-19(8-6-17)16-33-25-14-22(30(3)4)11-9-20(25)15-28-31-18(2)29-24-12-10-21(27)13-23(24)26(31)32/h5-15H,16H2,1-4H3. The van der Waals surface area contributed by atoms with Gasteiger partial charge in [-0.05, 0) is 49.7 Å². The molecule has 6 nitrogen and oxygen atoms in total. The van der Waals surface area contributed by atoms with E-state index in [1.54, 1.807) is 19.2 Å². The van der Waals surface area contributed by atoms with Gasteiger partial charge in [0.25, 0.3) is 5.56 Å². The van der Waals surface area contributed by atoms with Gasteiger partial charge in [-0.1, -0.05) is 45.8 Å². The van der Waals surface area contributed by atoms with E-state index in [4.69, 9.17) is 4.74 Å². The largest absolute Gasteiger partial charge is 0.488 e.